The number of Topliss-reactive ketones (excluding diaryl/α,β-unsaturated/α-hetero) is 1. The quantitative estimate of drug-likeness (QED) is 0.379. The SMILES string of the molecule is CCCCCC/C=C/C1CCC(=O)C1.CCCCCCC(=O)O. The van der Waals surface area contributed by atoms with Crippen molar-refractivity contribution in [2.24, 2.45) is 5.92 Å². The molecule has 0 aromatic heterocycles. The molecule has 3 nitrogen and oxygen atoms in total. The van der Waals surface area contributed by atoms with Crippen molar-refractivity contribution < 1.29 is 14.7 Å². The first-order valence-corrected chi connectivity index (χ1v) is 9.50. The Hall–Kier alpha value is -1.12. The Morgan fingerprint density at radius 3 is 2.26 bits per heavy atom. The molecule has 0 amide bonds. The molecule has 1 saturated carbocycles. The Morgan fingerprint density at radius 2 is 1.74 bits per heavy atom. The third kappa shape index (κ3) is 15.5. The van der Waals surface area contributed by atoms with Crippen LogP contribution in [0.5, 0.6) is 0 Å². The number of aliphatic carboxylic acids is 1. The van der Waals surface area contributed by atoms with Crippen molar-refractivity contribution in [3.8, 4) is 0 Å². The van der Waals surface area contributed by atoms with Crippen LogP contribution in [0.4, 0.5) is 0 Å². The molecule has 0 aliphatic heterocycles. The van der Waals surface area contributed by atoms with Crippen LogP contribution in [0.1, 0.15) is 97.3 Å². The summed E-state index contributed by atoms with van der Waals surface area (Å²) in [5.41, 5.74) is 0. The number of hydrogen-bond donors (Lipinski definition) is 1. The lowest BCUT2D eigenvalue weighted by Gasteiger charge is -1.99. The Balaban J connectivity index is 0.000000468. The van der Waals surface area contributed by atoms with Crippen molar-refractivity contribution in [3.05, 3.63) is 12.2 Å². The van der Waals surface area contributed by atoms with Crippen LogP contribution in [-0.4, -0.2) is 16.9 Å². The van der Waals surface area contributed by atoms with Crippen molar-refractivity contribution >= 4 is 11.8 Å². The van der Waals surface area contributed by atoms with Crippen LogP contribution in [-0.2, 0) is 9.59 Å². The number of unbranched alkanes of at least 4 members (excludes halogenated alkanes) is 7. The highest BCUT2D eigenvalue weighted by atomic mass is 16.4. The molecule has 0 saturated heterocycles. The predicted octanol–water partition coefficient (Wildman–Crippen LogP) is 5.92. The first kappa shape index (κ1) is 21.9. The van der Waals surface area contributed by atoms with Crippen LogP contribution in [0.2, 0.25) is 0 Å². The Labute approximate surface area is 142 Å². The Bertz CT molecular complexity index is 334. The fourth-order valence-corrected chi connectivity index (χ4v) is 2.69. The summed E-state index contributed by atoms with van der Waals surface area (Å²) < 4.78 is 0. The van der Waals surface area contributed by atoms with Crippen molar-refractivity contribution in [3.63, 3.8) is 0 Å². The Kier molecular flexibility index (Phi) is 15.0. The van der Waals surface area contributed by atoms with Gasteiger partial charge in [0, 0.05) is 19.3 Å². The highest BCUT2D eigenvalue weighted by Crippen LogP contribution is 2.23. The van der Waals surface area contributed by atoms with Gasteiger partial charge in [0.25, 0.3) is 0 Å². The molecule has 3 heteroatoms. The second-order valence-electron chi connectivity index (χ2n) is 6.52. The second kappa shape index (κ2) is 15.8. The topological polar surface area (TPSA) is 54.4 Å². The average Bonchev–Trinajstić information content (AvgIpc) is 2.93. The van der Waals surface area contributed by atoms with Gasteiger partial charge in [-0.15, -0.1) is 0 Å². The van der Waals surface area contributed by atoms with Gasteiger partial charge in [-0.3, -0.25) is 9.59 Å². The summed E-state index contributed by atoms with van der Waals surface area (Å²) in [6.45, 7) is 4.35. The van der Waals surface area contributed by atoms with E-state index in [2.05, 4.69) is 26.0 Å². The van der Waals surface area contributed by atoms with E-state index in [4.69, 9.17) is 5.11 Å². The molecule has 134 valence electrons. The summed E-state index contributed by atoms with van der Waals surface area (Å²) in [6.07, 6.45) is 18.3. The van der Waals surface area contributed by atoms with E-state index in [1.807, 2.05) is 0 Å². The smallest absolute Gasteiger partial charge is 0.303 e. The number of ketones is 1. The molecule has 1 aliphatic carbocycles. The molecule has 1 unspecified atom stereocenters. The molecular formula is C20H36O3. The normalized spacial score (nSPS) is 17.3. The highest BCUT2D eigenvalue weighted by molar-refractivity contribution is 5.80. The van der Waals surface area contributed by atoms with E-state index in [0.29, 0.717) is 18.1 Å². The van der Waals surface area contributed by atoms with Crippen molar-refractivity contribution in [2.75, 3.05) is 0 Å². The van der Waals surface area contributed by atoms with Crippen molar-refractivity contribution in [1.29, 1.82) is 0 Å². The number of allylic oxidation sites excluding steroid dienone is 2. The van der Waals surface area contributed by atoms with E-state index in [1.165, 1.54) is 38.5 Å². The fraction of sp³-hybridized carbons (Fsp3) is 0.800. The maximum atomic E-state index is 11.0. The second-order valence-corrected chi connectivity index (χ2v) is 6.52. The molecular weight excluding hydrogens is 288 g/mol. The van der Waals surface area contributed by atoms with Crippen LogP contribution >= 0.6 is 0 Å². The molecule has 0 spiro atoms. The highest BCUT2D eigenvalue weighted by Gasteiger charge is 2.18. The van der Waals surface area contributed by atoms with Gasteiger partial charge in [0.05, 0.1) is 0 Å². The fourth-order valence-electron chi connectivity index (χ4n) is 2.69. The molecule has 1 atom stereocenters. The van der Waals surface area contributed by atoms with Crippen molar-refractivity contribution in [1.82, 2.24) is 0 Å². The third-order valence-electron chi connectivity index (χ3n) is 4.16. The lowest BCUT2D eigenvalue weighted by Crippen LogP contribution is -1.92. The zero-order valence-electron chi connectivity index (χ0n) is 15.2. The van der Waals surface area contributed by atoms with E-state index in [1.54, 1.807) is 0 Å². The zero-order chi connectivity index (χ0) is 17.3. The summed E-state index contributed by atoms with van der Waals surface area (Å²) in [5.74, 6) is 0.338. The number of carboxylic acid groups (broad SMARTS) is 1. The first-order chi connectivity index (χ1) is 11.1. The van der Waals surface area contributed by atoms with E-state index >= 15 is 0 Å². The zero-order valence-corrected chi connectivity index (χ0v) is 15.2. The number of carbonyl (C=O) groups is 2. The number of carbonyl (C=O) groups excluding carboxylic acids is 1. The summed E-state index contributed by atoms with van der Waals surface area (Å²) in [7, 11) is 0. The van der Waals surface area contributed by atoms with E-state index in [0.717, 1.165) is 38.5 Å². The molecule has 1 aliphatic rings. The minimum atomic E-state index is -0.675. The van der Waals surface area contributed by atoms with E-state index in [-0.39, 0.29) is 0 Å². The molecule has 0 aromatic rings. The van der Waals surface area contributed by atoms with Gasteiger partial charge in [0.2, 0.25) is 0 Å². The van der Waals surface area contributed by atoms with Crippen molar-refractivity contribution in [2.45, 2.75) is 97.3 Å². The molecule has 0 radical (unpaired) electrons. The number of carboxylic acids is 1. The van der Waals surface area contributed by atoms with Crippen LogP contribution in [0.3, 0.4) is 0 Å². The average molecular weight is 325 g/mol. The maximum Gasteiger partial charge on any atom is 0.303 e. The van der Waals surface area contributed by atoms with Crippen LogP contribution in [0, 0.1) is 5.92 Å². The molecule has 0 heterocycles. The van der Waals surface area contributed by atoms with Crippen LogP contribution < -0.4 is 0 Å². The number of hydrogen-bond acceptors (Lipinski definition) is 2. The van der Waals surface area contributed by atoms with E-state index < -0.39 is 5.97 Å². The van der Waals surface area contributed by atoms with Gasteiger partial charge in [0.1, 0.15) is 5.78 Å². The maximum absolute atomic E-state index is 11.0. The minimum absolute atomic E-state index is 0.333. The lowest BCUT2D eigenvalue weighted by molar-refractivity contribution is -0.137. The van der Waals surface area contributed by atoms with Crippen LogP contribution in [0.15, 0.2) is 12.2 Å². The van der Waals surface area contributed by atoms with Gasteiger partial charge in [-0.05, 0) is 31.6 Å². The molecule has 1 fully saturated rings. The summed E-state index contributed by atoms with van der Waals surface area (Å²) in [5, 5.41) is 8.21. The molecule has 1 rings (SSSR count). The molecule has 0 aromatic carbocycles. The van der Waals surface area contributed by atoms with Gasteiger partial charge in [0.15, 0.2) is 0 Å². The van der Waals surface area contributed by atoms with Gasteiger partial charge >= 0.3 is 5.97 Å². The first-order valence-electron chi connectivity index (χ1n) is 9.50. The summed E-state index contributed by atoms with van der Waals surface area (Å²) in [4.78, 5) is 21.0. The van der Waals surface area contributed by atoms with Gasteiger partial charge in [-0.2, -0.15) is 0 Å². The minimum Gasteiger partial charge on any atom is -0.481 e. The number of rotatable bonds is 11. The molecule has 0 bridgehead atoms. The predicted molar refractivity (Wildman–Crippen MR) is 96.6 cm³/mol. The third-order valence-corrected chi connectivity index (χ3v) is 4.16. The van der Waals surface area contributed by atoms with Crippen LogP contribution in [0.25, 0.3) is 0 Å². The van der Waals surface area contributed by atoms with Gasteiger partial charge < -0.3 is 5.11 Å². The summed E-state index contributed by atoms with van der Waals surface area (Å²) >= 11 is 0. The lowest BCUT2D eigenvalue weighted by atomic mass is 10.1. The summed E-state index contributed by atoms with van der Waals surface area (Å²) in [6, 6.07) is 0. The monoisotopic (exact) mass is 324 g/mol. The largest absolute Gasteiger partial charge is 0.481 e. The standard InChI is InChI=1S/C13H22O.C7H14O2/c1-2-3-4-5-6-7-8-12-9-10-13(14)11-12;1-2-3-4-5-6-7(8)9/h7-8,12H,2-6,9-11H2,1H3;2-6H2,1H3,(H,8,9)/b8-7+;. The van der Waals surface area contributed by atoms with Gasteiger partial charge in [-0.1, -0.05) is 64.5 Å². The van der Waals surface area contributed by atoms with Gasteiger partial charge in [-0.25, -0.2) is 0 Å². The molecule has 23 heavy (non-hydrogen) atoms. The van der Waals surface area contributed by atoms with E-state index in [9.17, 15) is 9.59 Å². The molecule has 1 N–H and O–H groups in total. The Morgan fingerprint density at radius 1 is 1.09 bits per heavy atom.